The minimum absolute atomic E-state index is 0.240. The number of rotatable bonds is 2. The van der Waals surface area contributed by atoms with Gasteiger partial charge in [-0.1, -0.05) is 29.3 Å². The van der Waals surface area contributed by atoms with Gasteiger partial charge in [-0.05, 0) is 49.2 Å². The second-order valence-electron chi connectivity index (χ2n) is 4.61. The lowest BCUT2D eigenvalue weighted by atomic mass is 10.1. The van der Waals surface area contributed by atoms with Gasteiger partial charge in [-0.25, -0.2) is 0 Å². The van der Waals surface area contributed by atoms with Gasteiger partial charge < -0.3 is 11.1 Å². The molecule has 0 radical (unpaired) electrons. The number of nitrogens with one attached hydrogen (secondary N) is 1. The molecule has 3 N–H and O–H groups in total. The Balaban J connectivity index is 2.27. The lowest BCUT2D eigenvalue weighted by Crippen LogP contribution is -2.13. The first kappa shape index (κ1) is 14.7. The third-order valence-electron chi connectivity index (χ3n) is 3.03. The fourth-order valence-electron chi connectivity index (χ4n) is 1.77. The molecule has 0 fully saturated rings. The van der Waals surface area contributed by atoms with Gasteiger partial charge in [0.1, 0.15) is 0 Å². The van der Waals surface area contributed by atoms with Crippen molar-refractivity contribution in [3.05, 3.63) is 57.1 Å². The minimum Gasteiger partial charge on any atom is -0.398 e. The maximum atomic E-state index is 12.2. The highest BCUT2D eigenvalue weighted by Crippen LogP contribution is 2.27. The van der Waals surface area contributed by atoms with Crippen molar-refractivity contribution in [3.63, 3.8) is 0 Å². The number of carbonyl (C=O) groups excluding carboxylic acids is 1. The normalized spacial score (nSPS) is 10.4. The van der Waals surface area contributed by atoms with Crippen LogP contribution < -0.4 is 11.1 Å². The maximum Gasteiger partial charge on any atom is 0.255 e. The van der Waals surface area contributed by atoms with Crippen molar-refractivity contribution in [2.45, 2.75) is 13.8 Å². The fraction of sp³-hybridized carbons (Fsp3) is 0.133. The molecule has 104 valence electrons. The molecule has 0 unspecified atom stereocenters. The Kier molecular flexibility index (Phi) is 4.21. The summed E-state index contributed by atoms with van der Waals surface area (Å²) in [5.74, 6) is -0.240. The van der Waals surface area contributed by atoms with E-state index in [4.69, 9.17) is 28.9 Å². The Labute approximate surface area is 127 Å². The zero-order valence-corrected chi connectivity index (χ0v) is 12.6. The zero-order chi connectivity index (χ0) is 14.9. The predicted molar refractivity (Wildman–Crippen MR) is 84.7 cm³/mol. The molecule has 0 bridgehead atoms. The highest BCUT2D eigenvalue weighted by atomic mass is 35.5. The van der Waals surface area contributed by atoms with Gasteiger partial charge >= 0.3 is 0 Å². The summed E-state index contributed by atoms with van der Waals surface area (Å²) in [7, 11) is 0. The van der Waals surface area contributed by atoms with E-state index in [-0.39, 0.29) is 5.91 Å². The van der Waals surface area contributed by atoms with E-state index in [1.54, 1.807) is 30.3 Å². The molecule has 2 aromatic rings. The molecule has 5 heteroatoms. The van der Waals surface area contributed by atoms with E-state index in [1.807, 2.05) is 13.8 Å². The molecule has 0 spiro atoms. The van der Waals surface area contributed by atoms with Crippen molar-refractivity contribution < 1.29 is 4.79 Å². The minimum atomic E-state index is -0.240. The number of hydrogen-bond donors (Lipinski definition) is 2. The first-order chi connectivity index (χ1) is 9.38. The van der Waals surface area contributed by atoms with E-state index in [0.717, 1.165) is 11.1 Å². The number of nitrogen functional groups attached to an aromatic ring is 1. The van der Waals surface area contributed by atoms with Crippen molar-refractivity contribution in [2.75, 3.05) is 11.1 Å². The van der Waals surface area contributed by atoms with E-state index >= 15 is 0 Å². The van der Waals surface area contributed by atoms with Gasteiger partial charge in [0.15, 0.2) is 0 Å². The summed E-state index contributed by atoms with van der Waals surface area (Å²) in [6.45, 7) is 3.73. The SMILES string of the molecule is Cc1ccc(C(=O)Nc2cc(Cl)c(N)cc2C)cc1Cl. The van der Waals surface area contributed by atoms with E-state index in [1.165, 1.54) is 0 Å². The molecule has 20 heavy (non-hydrogen) atoms. The first-order valence-electron chi connectivity index (χ1n) is 6.01. The van der Waals surface area contributed by atoms with Crippen LogP contribution in [0.25, 0.3) is 0 Å². The van der Waals surface area contributed by atoms with Crippen LogP contribution in [-0.4, -0.2) is 5.91 Å². The predicted octanol–water partition coefficient (Wildman–Crippen LogP) is 4.44. The number of amides is 1. The van der Waals surface area contributed by atoms with Gasteiger partial charge in [0.25, 0.3) is 5.91 Å². The summed E-state index contributed by atoms with van der Waals surface area (Å²) >= 11 is 12.0. The molecule has 0 aliphatic heterocycles. The largest absolute Gasteiger partial charge is 0.398 e. The quantitative estimate of drug-likeness (QED) is 0.806. The first-order valence-corrected chi connectivity index (χ1v) is 6.77. The van der Waals surface area contributed by atoms with Crippen LogP contribution >= 0.6 is 23.2 Å². The van der Waals surface area contributed by atoms with E-state index < -0.39 is 0 Å². The number of halogens is 2. The van der Waals surface area contributed by atoms with Crippen LogP contribution in [0.5, 0.6) is 0 Å². The summed E-state index contributed by atoms with van der Waals surface area (Å²) in [4.78, 5) is 12.2. The second-order valence-corrected chi connectivity index (χ2v) is 5.42. The molecule has 0 aliphatic rings. The van der Waals surface area contributed by atoms with Crippen LogP contribution in [0.1, 0.15) is 21.5 Å². The van der Waals surface area contributed by atoms with Crippen LogP contribution in [0.3, 0.4) is 0 Å². The van der Waals surface area contributed by atoms with Crippen LogP contribution in [0.4, 0.5) is 11.4 Å². The van der Waals surface area contributed by atoms with E-state index in [0.29, 0.717) is 27.0 Å². The Morgan fingerprint density at radius 2 is 1.75 bits per heavy atom. The molecular formula is C15H14Cl2N2O. The van der Waals surface area contributed by atoms with Crippen LogP contribution in [-0.2, 0) is 0 Å². The Bertz CT molecular complexity index is 684. The second kappa shape index (κ2) is 5.73. The highest BCUT2D eigenvalue weighted by Gasteiger charge is 2.10. The molecule has 0 saturated carbocycles. The van der Waals surface area contributed by atoms with Gasteiger partial charge in [0, 0.05) is 16.3 Å². The number of anilines is 2. The van der Waals surface area contributed by atoms with Crippen molar-refractivity contribution in [2.24, 2.45) is 0 Å². The van der Waals surface area contributed by atoms with E-state index in [2.05, 4.69) is 5.32 Å². The molecule has 1 amide bonds. The molecule has 0 heterocycles. The fourth-order valence-corrected chi connectivity index (χ4v) is 2.11. The smallest absolute Gasteiger partial charge is 0.255 e. The molecular weight excluding hydrogens is 295 g/mol. The molecule has 0 aliphatic carbocycles. The van der Waals surface area contributed by atoms with Gasteiger partial charge in [-0.2, -0.15) is 0 Å². The molecule has 2 rings (SSSR count). The Hall–Kier alpha value is -1.71. The van der Waals surface area contributed by atoms with Crippen LogP contribution in [0.15, 0.2) is 30.3 Å². The Morgan fingerprint density at radius 1 is 1.05 bits per heavy atom. The maximum absolute atomic E-state index is 12.2. The van der Waals surface area contributed by atoms with Crippen LogP contribution in [0, 0.1) is 13.8 Å². The molecule has 0 atom stereocenters. The number of nitrogens with two attached hydrogens (primary N) is 1. The number of aryl methyl sites for hydroxylation is 2. The lowest BCUT2D eigenvalue weighted by molar-refractivity contribution is 0.102. The lowest BCUT2D eigenvalue weighted by Gasteiger charge is -2.11. The summed E-state index contributed by atoms with van der Waals surface area (Å²) in [6.07, 6.45) is 0. The number of hydrogen-bond acceptors (Lipinski definition) is 2. The molecule has 2 aromatic carbocycles. The number of carbonyl (C=O) groups is 1. The summed E-state index contributed by atoms with van der Waals surface area (Å²) in [5, 5.41) is 3.77. The third-order valence-corrected chi connectivity index (χ3v) is 3.76. The average Bonchev–Trinajstić information content (AvgIpc) is 2.39. The highest BCUT2D eigenvalue weighted by molar-refractivity contribution is 6.33. The summed E-state index contributed by atoms with van der Waals surface area (Å²) in [6, 6.07) is 8.53. The van der Waals surface area contributed by atoms with Crippen molar-refractivity contribution >= 4 is 40.5 Å². The van der Waals surface area contributed by atoms with Gasteiger partial charge in [-0.3, -0.25) is 4.79 Å². The summed E-state index contributed by atoms with van der Waals surface area (Å²) < 4.78 is 0. The van der Waals surface area contributed by atoms with Crippen molar-refractivity contribution in [3.8, 4) is 0 Å². The monoisotopic (exact) mass is 308 g/mol. The van der Waals surface area contributed by atoms with Gasteiger partial charge in [-0.15, -0.1) is 0 Å². The van der Waals surface area contributed by atoms with Crippen LogP contribution in [0.2, 0.25) is 10.0 Å². The summed E-state index contributed by atoms with van der Waals surface area (Å²) in [5.41, 5.74) is 9.09. The topological polar surface area (TPSA) is 55.1 Å². The van der Waals surface area contributed by atoms with E-state index in [9.17, 15) is 4.79 Å². The van der Waals surface area contributed by atoms with Gasteiger partial charge in [0.2, 0.25) is 0 Å². The van der Waals surface area contributed by atoms with Gasteiger partial charge in [0.05, 0.1) is 10.7 Å². The Morgan fingerprint density at radius 3 is 2.40 bits per heavy atom. The third kappa shape index (κ3) is 3.06. The average molecular weight is 309 g/mol. The molecule has 0 saturated heterocycles. The zero-order valence-electron chi connectivity index (χ0n) is 11.1. The molecule has 0 aromatic heterocycles. The van der Waals surface area contributed by atoms with Crippen molar-refractivity contribution in [1.29, 1.82) is 0 Å². The number of benzene rings is 2. The molecule has 3 nitrogen and oxygen atoms in total. The standard InChI is InChI=1S/C15H14Cl2N2O/c1-8-3-4-10(6-11(8)16)15(20)19-14-7-12(17)13(18)5-9(14)2/h3-7H,18H2,1-2H3,(H,19,20). The van der Waals surface area contributed by atoms with Crippen molar-refractivity contribution in [1.82, 2.24) is 0 Å².